The van der Waals surface area contributed by atoms with Crippen LogP contribution in [0.25, 0.3) is 0 Å². The molecule has 3 heteroatoms. The van der Waals surface area contributed by atoms with Crippen LogP contribution < -0.4 is 5.32 Å². The topological polar surface area (TPSA) is 21.3 Å². The maximum Gasteiger partial charge on any atom is 0.146 e. The Kier molecular flexibility index (Phi) is 7.50. The average Bonchev–Trinajstić information content (AvgIpc) is 2.25. The van der Waals surface area contributed by atoms with Crippen LogP contribution in [0, 0.1) is 0 Å². The number of nitrogens with one attached hydrogen (secondary N) is 1. The predicted octanol–water partition coefficient (Wildman–Crippen LogP) is 1.62. The molecule has 0 aliphatic carbocycles. The van der Waals surface area contributed by atoms with E-state index in [9.17, 15) is 0 Å². The summed E-state index contributed by atoms with van der Waals surface area (Å²) in [5.74, 6) is 0. The Labute approximate surface area is 92.3 Å². The third kappa shape index (κ3) is 4.11. The summed E-state index contributed by atoms with van der Waals surface area (Å²) in [4.78, 5) is 0. The average molecular weight is 217 g/mol. The summed E-state index contributed by atoms with van der Waals surface area (Å²) in [5.41, 5.74) is 0.148. The molecule has 86 valence electrons. The Bertz CT molecular complexity index is 129. The number of hydrogen-bond acceptors (Lipinski definition) is 2. The van der Waals surface area contributed by atoms with Gasteiger partial charge in [-0.25, -0.2) is 0 Å². The van der Waals surface area contributed by atoms with Gasteiger partial charge in [-0.3, -0.25) is 0 Å². The van der Waals surface area contributed by atoms with Gasteiger partial charge in [-0.2, -0.15) is 0 Å². The third-order valence-corrected chi connectivity index (χ3v) is 4.25. The number of rotatable bonds is 8. The zero-order valence-electron chi connectivity index (χ0n) is 10.5. The molecule has 0 aromatic rings. The molecule has 0 saturated carbocycles. The largest absolute Gasteiger partial charge is 0.422 e. The zero-order valence-corrected chi connectivity index (χ0v) is 12.5. The third-order valence-electron chi connectivity index (χ3n) is 3.39. The summed E-state index contributed by atoms with van der Waals surface area (Å²) < 4.78 is 5.81. The molecule has 0 bridgehead atoms. The predicted molar refractivity (Wildman–Crippen MR) is 66.7 cm³/mol. The highest BCUT2D eigenvalue weighted by Gasteiger charge is 2.27. The first-order valence-electron chi connectivity index (χ1n) is 5.90. The maximum atomic E-state index is 5.81. The molecule has 0 saturated heterocycles. The minimum Gasteiger partial charge on any atom is -0.422 e. The Morgan fingerprint density at radius 2 is 1.86 bits per heavy atom. The van der Waals surface area contributed by atoms with Gasteiger partial charge in [-0.05, 0) is 32.7 Å². The molecule has 0 aromatic carbocycles. The fourth-order valence-electron chi connectivity index (χ4n) is 2.06. The summed E-state index contributed by atoms with van der Waals surface area (Å²) in [6.07, 6.45) is 5.93. The van der Waals surface area contributed by atoms with Crippen LogP contribution in [-0.2, 0) is 4.43 Å². The van der Waals surface area contributed by atoms with E-state index in [2.05, 4.69) is 33.1 Å². The summed E-state index contributed by atoms with van der Waals surface area (Å²) in [6.45, 7) is 6.71. The van der Waals surface area contributed by atoms with Crippen LogP contribution in [0.2, 0.25) is 0 Å². The molecular weight excluding hydrogens is 190 g/mol. The quantitative estimate of drug-likeness (QED) is 0.624. The van der Waals surface area contributed by atoms with Crippen molar-refractivity contribution in [3.63, 3.8) is 0 Å². The molecule has 0 heterocycles. The van der Waals surface area contributed by atoms with E-state index in [-0.39, 0.29) is 5.60 Å². The van der Waals surface area contributed by atoms with Crippen LogP contribution in [-0.4, -0.2) is 29.2 Å². The first-order chi connectivity index (χ1) is 6.67. The van der Waals surface area contributed by atoms with E-state index in [0.29, 0.717) is 6.04 Å². The van der Waals surface area contributed by atoms with Gasteiger partial charge >= 0.3 is 0 Å². The lowest BCUT2D eigenvalue weighted by Gasteiger charge is -2.34. The summed E-state index contributed by atoms with van der Waals surface area (Å²) >= 11 is 0. The molecule has 0 amide bonds. The fourth-order valence-corrected chi connectivity index (χ4v) is 2.80. The summed E-state index contributed by atoms with van der Waals surface area (Å²) in [5, 5.41) is 3.40. The van der Waals surface area contributed by atoms with Crippen LogP contribution in [0.3, 0.4) is 0 Å². The maximum absolute atomic E-state index is 5.81. The lowest BCUT2D eigenvalue weighted by molar-refractivity contribution is 0.0493. The zero-order chi connectivity index (χ0) is 11.0. The molecular formula is C11H27NOSi. The SMILES string of the molecule is CCCC(CC(CC)(CC)O[SiH3])NC. The summed E-state index contributed by atoms with van der Waals surface area (Å²) in [6, 6.07) is 0.619. The van der Waals surface area contributed by atoms with Crippen LogP contribution in [0.15, 0.2) is 0 Å². The van der Waals surface area contributed by atoms with Crippen molar-refractivity contribution in [3.05, 3.63) is 0 Å². The van der Waals surface area contributed by atoms with Gasteiger partial charge in [0.25, 0.3) is 0 Å². The van der Waals surface area contributed by atoms with E-state index in [0.717, 1.165) is 29.7 Å². The molecule has 1 unspecified atom stereocenters. The minimum atomic E-state index is 0.148. The second-order valence-corrected chi connectivity index (χ2v) is 4.48. The van der Waals surface area contributed by atoms with E-state index in [1.165, 1.54) is 12.8 Å². The van der Waals surface area contributed by atoms with Crippen LogP contribution in [0.1, 0.15) is 52.9 Å². The van der Waals surface area contributed by atoms with Crippen molar-refractivity contribution in [1.29, 1.82) is 0 Å². The minimum absolute atomic E-state index is 0.148. The highest BCUT2D eigenvalue weighted by molar-refractivity contribution is 5.98. The van der Waals surface area contributed by atoms with E-state index in [1.54, 1.807) is 0 Å². The molecule has 1 N–H and O–H groups in total. The van der Waals surface area contributed by atoms with Crippen molar-refractivity contribution in [2.45, 2.75) is 64.5 Å². The Morgan fingerprint density at radius 3 is 2.14 bits per heavy atom. The lowest BCUT2D eigenvalue weighted by atomic mass is 9.88. The molecule has 0 radical (unpaired) electrons. The van der Waals surface area contributed by atoms with Crippen molar-refractivity contribution in [2.75, 3.05) is 7.05 Å². The van der Waals surface area contributed by atoms with Gasteiger partial charge < -0.3 is 9.74 Å². The van der Waals surface area contributed by atoms with E-state index < -0.39 is 0 Å². The molecule has 0 spiro atoms. The van der Waals surface area contributed by atoms with Crippen molar-refractivity contribution in [1.82, 2.24) is 5.32 Å². The van der Waals surface area contributed by atoms with Gasteiger partial charge in [0, 0.05) is 6.04 Å². The monoisotopic (exact) mass is 217 g/mol. The van der Waals surface area contributed by atoms with Gasteiger partial charge in [0.05, 0.1) is 5.60 Å². The summed E-state index contributed by atoms with van der Waals surface area (Å²) in [7, 11) is 2.91. The van der Waals surface area contributed by atoms with E-state index >= 15 is 0 Å². The Balaban J connectivity index is 4.24. The molecule has 1 atom stereocenters. The first-order valence-corrected chi connectivity index (χ1v) is 6.72. The second-order valence-electron chi connectivity index (χ2n) is 4.07. The standard InChI is InChI=1S/C11H27NOSi/c1-5-8-10(12-4)9-11(6-2,7-3)13-14/h10,12H,5-9H2,1-4,14H3. The Morgan fingerprint density at radius 1 is 1.29 bits per heavy atom. The van der Waals surface area contributed by atoms with Crippen LogP contribution in [0.5, 0.6) is 0 Å². The number of hydrogen-bond donors (Lipinski definition) is 1. The highest BCUT2D eigenvalue weighted by Crippen LogP contribution is 2.26. The second kappa shape index (κ2) is 7.43. The van der Waals surface area contributed by atoms with Crippen LogP contribution >= 0.6 is 0 Å². The fraction of sp³-hybridized carbons (Fsp3) is 1.00. The smallest absolute Gasteiger partial charge is 0.146 e. The van der Waals surface area contributed by atoms with Gasteiger partial charge in [0.15, 0.2) is 0 Å². The van der Waals surface area contributed by atoms with Crippen molar-refractivity contribution in [3.8, 4) is 0 Å². The highest BCUT2D eigenvalue weighted by atomic mass is 28.2. The van der Waals surface area contributed by atoms with Gasteiger partial charge in [0.2, 0.25) is 0 Å². The Hall–Kier alpha value is 0.137. The van der Waals surface area contributed by atoms with Gasteiger partial charge in [-0.1, -0.05) is 27.2 Å². The van der Waals surface area contributed by atoms with Crippen LogP contribution in [0.4, 0.5) is 0 Å². The molecule has 2 nitrogen and oxygen atoms in total. The van der Waals surface area contributed by atoms with Crippen molar-refractivity contribution >= 4 is 10.5 Å². The molecule has 0 aliphatic heterocycles. The molecule has 0 fully saturated rings. The van der Waals surface area contributed by atoms with Gasteiger partial charge in [0.1, 0.15) is 10.5 Å². The molecule has 0 aromatic heterocycles. The normalized spacial score (nSPS) is 14.6. The van der Waals surface area contributed by atoms with Gasteiger partial charge in [-0.15, -0.1) is 0 Å². The van der Waals surface area contributed by atoms with Crippen molar-refractivity contribution < 1.29 is 4.43 Å². The molecule has 0 aliphatic rings. The lowest BCUT2D eigenvalue weighted by Crippen LogP contribution is -2.39. The first kappa shape index (κ1) is 14.1. The van der Waals surface area contributed by atoms with Crippen molar-refractivity contribution in [2.24, 2.45) is 0 Å². The molecule has 0 rings (SSSR count). The van der Waals surface area contributed by atoms with E-state index in [1.807, 2.05) is 0 Å². The van der Waals surface area contributed by atoms with E-state index in [4.69, 9.17) is 4.43 Å². The molecule has 14 heavy (non-hydrogen) atoms.